The third-order valence-corrected chi connectivity index (χ3v) is 2.09. The van der Waals surface area contributed by atoms with Crippen LogP contribution in [0.3, 0.4) is 0 Å². The highest BCUT2D eigenvalue weighted by atomic mass is 79.9. The lowest BCUT2D eigenvalue weighted by molar-refractivity contribution is 0.201. The number of aliphatic hydroxyl groups is 1. The normalized spacial score (nSPS) is 9.83. The Bertz CT molecular complexity index is 220. The Hall–Kier alpha value is -0.540. The number of aliphatic hydroxyl groups excluding tert-OH is 1. The monoisotopic (exact) mass is 230 g/mol. The van der Waals surface area contributed by atoms with E-state index in [-0.39, 0.29) is 6.61 Å². The Morgan fingerprint density at radius 1 is 1.25 bits per heavy atom. The Morgan fingerprint density at radius 3 is 2.42 bits per heavy atom. The van der Waals surface area contributed by atoms with Crippen molar-refractivity contribution in [2.45, 2.75) is 5.33 Å². The summed E-state index contributed by atoms with van der Waals surface area (Å²) in [5.41, 5.74) is 1.21. The van der Waals surface area contributed by atoms with Crippen molar-refractivity contribution in [2.75, 3.05) is 13.2 Å². The van der Waals surface area contributed by atoms with E-state index in [0.717, 1.165) is 11.1 Å². The summed E-state index contributed by atoms with van der Waals surface area (Å²) < 4.78 is 5.19. The van der Waals surface area contributed by atoms with Crippen molar-refractivity contribution in [3.63, 3.8) is 0 Å². The standard InChI is InChI=1S/C9H11BrO2/c10-7-8-1-3-9(4-2-8)12-6-5-11/h1-4,11H,5-7H2. The highest BCUT2D eigenvalue weighted by Crippen LogP contribution is 2.13. The molecule has 66 valence electrons. The number of alkyl halides is 1. The number of rotatable bonds is 4. The van der Waals surface area contributed by atoms with Crippen molar-refractivity contribution in [1.82, 2.24) is 0 Å². The molecule has 1 aromatic rings. The maximum Gasteiger partial charge on any atom is 0.119 e. The first kappa shape index (κ1) is 9.55. The first-order valence-electron chi connectivity index (χ1n) is 3.75. The van der Waals surface area contributed by atoms with Gasteiger partial charge in [-0.05, 0) is 17.7 Å². The zero-order valence-electron chi connectivity index (χ0n) is 6.66. The van der Waals surface area contributed by atoms with Crippen molar-refractivity contribution in [2.24, 2.45) is 0 Å². The van der Waals surface area contributed by atoms with Gasteiger partial charge in [0.2, 0.25) is 0 Å². The molecule has 0 bridgehead atoms. The molecule has 0 aliphatic heterocycles. The highest BCUT2D eigenvalue weighted by molar-refractivity contribution is 9.08. The molecule has 0 atom stereocenters. The number of benzene rings is 1. The predicted molar refractivity (Wildman–Crippen MR) is 51.7 cm³/mol. The number of ether oxygens (including phenoxy) is 1. The SMILES string of the molecule is OCCOc1ccc(CBr)cc1. The second-order valence-corrected chi connectivity index (χ2v) is 2.91. The average molecular weight is 231 g/mol. The molecule has 0 aliphatic rings. The minimum absolute atomic E-state index is 0.0557. The second kappa shape index (κ2) is 5.17. The largest absolute Gasteiger partial charge is 0.491 e. The van der Waals surface area contributed by atoms with Crippen LogP contribution in [-0.2, 0) is 5.33 Å². The van der Waals surface area contributed by atoms with Gasteiger partial charge in [-0.15, -0.1) is 0 Å². The molecule has 1 aromatic carbocycles. The van der Waals surface area contributed by atoms with Crippen molar-refractivity contribution in [3.8, 4) is 5.75 Å². The van der Waals surface area contributed by atoms with E-state index in [1.165, 1.54) is 5.56 Å². The van der Waals surface area contributed by atoms with E-state index in [1.807, 2.05) is 24.3 Å². The summed E-state index contributed by atoms with van der Waals surface area (Å²) in [7, 11) is 0. The molecular weight excluding hydrogens is 220 g/mol. The molecule has 2 nitrogen and oxygen atoms in total. The zero-order chi connectivity index (χ0) is 8.81. The summed E-state index contributed by atoms with van der Waals surface area (Å²) >= 11 is 3.35. The van der Waals surface area contributed by atoms with Crippen LogP contribution in [0.1, 0.15) is 5.56 Å². The molecule has 0 saturated carbocycles. The summed E-state index contributed by atoms with van der Waals surface area (Å²) in [4.78, 5) is 0. The fourth-order valence-electron chi connectivity index (χ4n) is 0.838. The Morgan fingerprint density at radius 2 is 1.92 bits per heavy atom. The van der Waals surface area contributed by atoms with Gasteiger partial charge < -0.3 is 9.84 Å². The van der Waals surface area contributed by atoms with E-state index in [9.17, 15) is 0 Å². The molecule has 0 heterocycles. The van der Waals surface area contributed by atoms with Crippen LogP contribution in [0.5, 0.6) is 5.75 Å². The third-order valence-electron chi connectivity index (χ3n) is 1.44. The van der Waals surface area contributed by atoms with E-state index in [1.54, 1.807) is 0 Å². The van der Waals surface area contributed by atoms with Gasteiger partial charge in [-0.3, -0.25) is 0 Å². The van der Waals surface area contributed by atoms with Crippen LogP contribution in [0.2, 0.25) is 0 Å². The van der Waals surface area contributed by atoms with Crippen LogP contribution in [0.25, 0.3) is 0 Å². The number of hydrogen-bond acceptors (Lipinski definition) is 2. The van der Waals surface area contributed by atoms with E-state index in [4.69, 9.17) is 9.84 Å². The molecular formula is C9H11BrO2. The fraction of sp³-hybridized carbons (Fsp3) is 0.333. The van der Waals surface area contributed by atoms with Gasteiger partial charge in [0.1, 0.15) is 12.4 Å². The van der Waals surface area contributed by atoms with Crippen LogP contribution in [0.15, 0.2) is 24.3 Å². The van der Waals surface area contributed by atoms with Crippen LogP contribution in [-0.4, -0.2) is 18.3 Å². The topological polar surface area (TPSA) is 29.5 Å². The van der Waals surface area contributed by atoms with E-state index in [0.29, 0.717) is 6.61 Å². The zero-order valence-corrected chi connectivity index (χ0v) is 8.25. The van der Waals surface area contributed by atoms with Gasteiger partial charge in [0.15, 0.2) is 0 Å². The molecule has 1 rings (SSSR count). The predicted octanol–water partition coefficient (Wildman–Crippen LogP) is 1.95. The lowest BCUT2D eigenvalue weighted by Gasteiger charge is -2.03. The van der Waals surface area contributed by atoms with Gasteiger partial charge in [-0.1, -0.05) is 28.1 Å². The summed E-state index contributed by atoms with van der Waals surface area (Å²) in [6, 6.07) is 7.77. The quantitative estimate of drug-likeness (QED) is 0.802. The van der Waals surface area contributed by atoms with Gasteiger partial charge in [-0.25, -0.2) is 0 Å². The van der Waals surface area contributed by atoms with Gasteiger partial charge in [0, 0.05) is 5.33 Å². The smallest absolute Gasteiger partial charge is 0.119 e. The summed E-state index contributed by atoms with van der Waals surface area (Å²) in [6.07, 6.45) is 0. The minimum atomic E-state index is 0.0557. The first-order chi connectivity index (χ1) is 5.86. The van der Waals surface area contributed by atoms with Gasteiger partial charge in [0.05, 0.1) is 6.61 Å². The second-order valence-electron chi connectivity index (χ2n) is 2.35. The van der Waals surface area contributed by atoms with E-state index < -0.39 is 0 Å². The van der Waals surface area contributed by atoms with Crippen LogP contribution in [0.4, 0.5) is 0 Å². The summed E-state index contributed by atoms with van der Waals surface area (Å²) in [5, 5.41) is 9.35. The molecule has 0 radical (unpaired) electrons. The van der Waals surface area contributed by atoms with Crippen molar-refractivity contribution in [1.29, 1.82) is 0 Å². The van der Waals surface area contributed by atoms with Crippen LogP contribution < -0.4 is 4.74 Å². The van der Waals surface area contributed by atoms with E-state index >= 15 is 0 Å². The summed E-state index contributed by atoms with van der Waals surface area (Å²) in [5.74, 6) is 0.800. The van der Waals surface area contributed by atoms with Crippen LogP contribution >= 0.6 is 15.9 Å². The average Bonchev–Trinajstić information content (AvgIpc) is 2.15. The molecule has 12 heavy (non-hydrogen) atoms. The Labute approximate surface area is 80.3 Å². The maximum atomic E-state index is 8.50. The fourth-order valence-corrected chi connectivity index (χ4v) is 1.21. The van der Waals surface area contributed by atoms with Gasteiger partial charge in [0.25, 0.3) is 0 Å². The van der Waals surface area contributed by atoms with Crippen molar-refractivity contribution < 1.29 is 9.84 Å². The molecule has 0 saturated heterocycles. The molecule has 0 amide bonds. The van der Waals surface area contributed by atoms with E-state index in [2.05, 4.69) is 15.9 Å². The maximum absolute atomic E-state index is 8.50. The van der Waals surface area contributed by atoms with Gasteiger partial charge in [-0.2, -0.15) is 0 Å². The first-order valence-corrected chi connectivity index (χ1v) is 4.87. The highest BCUT2D eigenvalue weighted by Gasteiger charge is 1.92. The molecule has 0 fully saturated rings. The molecule has 0 aliphatic carbocycles. The Balaban J connectivity index is 2.53. The summed E-state index contributed by atoms with van der Waals surface area (Å²) in [6.45, 7) is 0.411. The lowest BCUT2D eigenvalue weighted by atomic mass is 10.2. The molecule has 0 spiro atoms. The van der Waals surface area contributed by atoms with Crippen molar-refractivity contribution in [3.05, 3.63) is 29.8 Å². The lowest BCUT2D eigenvalue weighted by Crippen LogP contribution is -2.01. The number of halogens is 1. The minimum Gasteiger partial charge on any atom is -0.491 e. The van der Waals surface area contributed by atoms with Crippen molar-refractivity contribution >= 4 is 15.9 Å². The Kier molecular flexibility index (Phi) is 4.11. The molecule has 0 unspecified atom stereocenters. The molecule has 3 heteroatoms. The number of hydrogen-bond donors (Lipinski definition) is 1. The van der Waals surface area contributed by atoms with Gasteiger partial charge >= 0.3 is 0 Å². The molecule has 0 aromatic heterocycles. The third kappa shape index (κ3) is 2.83. The van der Waals surface area contributed by atoms with Crippen LogP contribution in [0, 0.1) is 0 Å². The molecule has 1 N–H and O–H groups in total.